The molecule has 0 bridgehead atoms. The third kappa shape index (κ3) is 2.54. The van der Waals surface area contributed by atoms with Crippen LogP contribution < -0.4 is 5.73 Å². The number of hydrogen-bond donors (Lipinski definition) is 1. The standard InChI is InChI=1S/C8H8N6O2S2/c1-2-4-12-8(18-13-4)17-7-5(14(15)16)6(9)10-3-11-7/h3H,2H2,1H3,(H2,9,10,11). The summed E-state index contributed by atoms with van der Waals surface area (Å²) < 4.78 is 4.68. The molecule has 0 aliphatic rings. The van der Waals surface area contributed by atoms with Crippen molar-refractivity contribution in [3.8, 4) is 0 Å². The molecule has 0 spiro atoms. The largest absolute Gasteiger partial charge is 0.378 e. The van der Waals surface area contributed by atoms with Gasteiger partial charge in [-0.3, -0.25) is 10.1 Å². The zero-order valence-corrected chi connectivity index (χ0v) is 10.9. The number of anilines is 1. The molecule has 2 heterocycles. The van der Waals surface area contributed by atoms with E-state index in [1.807, 2.05) is 6.92 Å². The van der Waals surface area contributed by atoms with Crippen molar-refractivity contribution in [2.24, 2.45) is 0 Å². The molecule has 0 aromatic carbocycles. The first-order chi connectivity index (χ1) is 8.61. The first-order valence-electron chi connectivity index (χ1n) is 4.87. The van der Waals surface area contributed by atoms with Crippen LogP contribution in [0.2, 0.25) is 0 Å². The Morgan fingerprint density at radius 1 is 1.56 bits per heavy atom. The fourth-order valence-corrected chi connectivity index (χ4v) is 2.82. The van der Waals surface area contributed by atoms with Crippen molar-refractivity contribution < 1.29 is 4.92 Å². The van der Waals surface area contributed by atoms with E-state index in [1.165, 1.54) is 17.9 Å². The molecule has 2 rings (SSSR count). The van der Waals surface area contributed by atoms with Crippen LogP contribution in [0.3, 0.4) is 0 Å². The Kier molecular flexibility index (Phi) is 3.67. The highest BCUT2D eigenvalue weighted by Crippen LogP contribution is 2.35. The Morgan fingerprint density at radius 2 is 2.33 bits per heavy atom. The normalized spacial score (nSPS) is 10.5. The van der Waals surface area contributed by atoms with E-state index in [1.54, 1.807) is 0 Å². The molecule has 0 saturated carbocycles. The van der Waals surface area contributed by atoms with Crippen molar-refractivity contribution in [2.45, 2.75) is 22.7 Å². The second-order valence-electron chi connectivity index (χ2n) is 3.10. The number of aryl methyl sites for hydroxylation is 1. The highest BCUT2D eigenvalue weighted by Gasteiger charge is 2.22. The predicted octanol–water partition coefficient (Wildman–Crippen LogP) is 1.53. The predicted molar refractivity (Wildman–Crippen MR) is 66.5 cm³/mol. The van der Waals surface area contributed by atoms with Crippen molar-refractivity contribution in [1.82, 2.24) is 19.3 Å². The van der Waals surface area contributed by atoms with Gasteiger partial charge in [0.15, 0.2) is 9.37 Å². The highest BCUT2D eigenvalue weighted by atomic mass is 32.2. The van der Waals surface area contributed by atoms with E-state index in [4.69, 9.17) is 5.73 Å². The van der Waals surface area contributed by atoms with Gasteiger partial charge in [0.1, 0.15) is 12.2 Å². The van der Waals surface area contributed by atoms with Gasteiger partial charge in [-0.2, -0.15) is 4.37 Å². The third-order valence-corrected chi connectivity index (χ3v) is 3.73. The average molecular weight is 284 g/mol. The van der Waals surface area contributed by atoms with Crippen molar-refractivity contribution in [3.63, 3.8) is 0 Å². The van der Waals surface area contributed by atoms with Gasteiger partial charge in [-0.1, -0.05) is 6.92 Å². The number of nitrogens with two attached hydrogens (primary N) is 1. The van der Waals surface area contributed by atoms with Crippen LogP contribution in [0.5, 0.6) is 0 Å². The molecule has 94 valence electrons. The molecule has 2 N–H and O–H groups in total. The molecule has 0 aliphatic carbocycles. The summed E-state index contributed by atoms with van der Waals surface area (Å²) in [6.45, 7) is 1.93. The van der Waals surface area contributed by atoms with Gasteiger partial charge in [0, 0.05) is 6.42 Å². The Hall–Kier alpha value is -1.81. The monoisotopic (exact) mass is 284 g/mol. The molecule has 0 atom stereocenters. The topological polar surface area (TPSA) is 121 Å². The molecule has 0 amide bonds. The molecule has 0 unspecified atom stereocenters. The Morgan fingerprint density at radius 3 is 2.94 bits per heavy atom. The second-order valence-corrected chi connectivity index (χ2v) is 5.09. The van der Waals surface area contributed by atoms with Crippen molar-refractivity contribution >= 4 is 34.8 Å². The minimum Gasteiger partial charge on any atom is -0.378 e. The van der Waals surface area contributed by atoms with E-state index in [0.29, 0.717) is 16.6 Å². The number of rotatable bonds is 4. The quantitative estimate of drug-likeness (QED) is 0.509. The SMILES string of the molecule is CCc1nsc(Sc2ncnc(N)c2[N+](=O)[O-])n1. The summed E-state index contributed by atoms with van der Waals surface area (Å²) in [6, 6.07) is 0. The Balaban J connectivity index is 2.34. The van der Waals surface area contributed by atoms with E-state index < -0.39 is 4.92 Å². The van der Waals surface area contributed by atoms with Crippen LogP contribution in [0.1, 0.15) is 12.7 Å². The Bertz CT molecular complexity index is 587. The van der Waals surface area contributed by atoms with E-state index >= 15 is 0 Å². The molecule has 8 nitrogen and oxygen atoms in total. The summed E-state index contributed by atoms with van der Waals surface area (Å²) in [5.41, 5.74) is 5.17. The summed E-state index contributed by atoms with van der Waals surface area (Å²) in [7, 11) is 0. The number of nitro groups is 1. The average Bonchev–Trinajstić information content (AvgIpc) is 2.76. The lowest BCUT2D eigenvalue weighted by Gasteiger charge is -2.00. The van der Waals surface area contributed by atoms with Crippen LogP contribution >= 0.6 is 23.3 Å². The van der Waals surface area contributed by atoms with Crippen LogP contribution in [0.25, 0.3) is 0 Å². The maximum absolute atomic E-state index is 10.9. The highest BCUT2D eigenvalue weighted by molar-refractivity contribution is 8.01. The van der Waals surface area contributed by atoms with Crippen molar-refractivity contribution in [1.29, 1.82) is 0 Å². The molecule has 10 heteroatoms. The maximum atomic E-state index is 10.9. The van der Waals surface area contributed by atoms with Gasteiger partial charge in [-0.15, -0.1) is 0 Å². The van der Waals surface area contributed by atoms with Crippen LogP contribution in [-0.2, 0) is 6.42 Å². The summed E-state index contributed by atoms with van der Waals surface area (Å²) in [4.78, 5) is 22.0. The molecule has 2 aromatic heterocycles. The molecule has 18 heavy (non-hydrogen) atoms. The fraction of sp³-hybridized carbons (Fsp3) is 0.250. The molecule has 0 fully saturated rings. The van der Waals surface area contributed by atoms with Gasteiger partial charge >= 0.3 is 5.69 Å². The number of hydrogen-bond acceptors (Lipinski definition) is 9. The second kappa shape index (κ2) is 5.23. The molecule has 0 radical (unpaired) electrons. The van der Waals surface area contributed by atoms with E-state index in [0.717, 1.165) is 11.8 Å². The molecular formula is C8H8N6O2S2. The summed E-state index contributed by atoms with van der Waals surface area (Å²) in [6.07, 6.45) is 1.90. The lowest BCUT2D eigenvalue weighted by molar-refractivity contribution is -0.387. The van der Waals surface area contributed by atoms with Gasteiger partial charge < -0.3 is 5.73 Å². The minimum atomic E-state index is -0.598. The zero-order valence-electron chi connectivity index (χ0n) is 9.23. The van der Waals surface area contributed by atoms with E-state index in [-0.39, 0.29) is 16.5 Å². The Labute approximate surface area is 110 Å². The lowest BCUT2D eigenvalue weighted by atomic mass is 10.5. The molecule has 0 aliphatic heterocycles. The lowest BCUT2D eigenvalue weighted by Crippen LogP contribution is -2.01. The van der Waals surface area contributed by atoms with Crippen molar-refractivity contribution in [2.75, 3.05) is 5.73 Å². The molecule has 2 aromatic rings. The first kappa shape index (κ1) is 12.6. The number of aromatic nitrogens is 4. The van der Waals surface area contributed by atoms with Gasteiger partial charge in [0.2, 0.25) is 5.82 Å². The van der Waals surface area contributed by atoms with Crippen LogP contribution in [0.15, 0.2) is 15.7 Å². The third-order valence-electron chi connectivity index (χ3n) is 1.95. The summed E-state index contributed by atoms with van der Waals surface area (Å²) in [5.74, 6) is 0.546. The molecule has 0 saturated heterocycles. The molecular weight excluding hydrogens is 276 g/mol. The van der Waals surface area contributed by atoms with E-state index in [9.17, 15) is 10.1 Å². The smallest absolute Gasteiger partial charge is 0.343 e. The fourth-order valence-electron chi connectivity index (χ4n) is 1.13. The summed E-state index contributed by atoms with van der Waals surface area (Å²) in [5, 5.41) is 11.1. The zero-order chi connectivity index (χ0) is 13.1. The van der Waals surface area contributed by atoms with Crippen LogP contribution in [-0.4, -0.2) is 24.2 Å². The van der Waals surface area contributed by atoms with Crippen molar-refractivity contribution in [3.05, 3.63) is 22.3 Å². The van der Waals surface area contributed by atoms with Gasteiger partial charge in [-0.25, -0.2) is 15.0 Å². The van der Waals surface area contributed by atoms with Gasteiger partial charge in [-0.05, 0) is 23.3 Å². The first-order valence-corrected chi connectivity index (χ1v) is 6.46. The van der Waals surface area contributed by atoms with Crippen LogP contribution in [0, 0.1) is 10.1 Å². The minimum absolute atomic E-state index is 0.155. The van der Waals surface area contributed by atoms with Crippen LogP contribution in [0.4, 0.5) is 11.5 Å². The summed E-state index contributed by atoms with van der Waals surface area (Å²) >= 11 is 2.24. The van der Waals surface area contributed by atoms with Gasteiger partial charge in [0.05, 0.1) is 4.92 Å². The van der Waals surface area contributed by atoms with Gasteiger partial charge in [0.25, 0.3) is 0 Å². The van der Waals surface area contributed by atoms with E-state index in [2.05, 4.69) is 19.3 Å². The maximum Gasteiger partial charge on any atom is 0.343 e. The number of nitrogens with zero attached hydrogens (tertiary/aromatic N) is 5. The number of nitrogen functional groups attached to an aromatic ring is 1.